The van der Waals surface area contributed by atoms with E-state index in [4.69, 9.17) is 4.74 Å². The molecule has 1 unspecified atom stereocenters. The van der Waals surface area contributed by atoms with Gasteiger partial charge in [0.25, 0.3) is 0 Å². The maximum absolute atomic E-state index is 5.57. The Kier molecular flexibility index (Phi) is 5.06. The van der Waals surface area contributed by atoms with Gasteiger partial charge in [0.15, 0.2) is 0 Å². The predicted molar refractivity (Wildman–Crippen MR) is 77.5 cm³/mol. The van der Waals surface area contributed by atoms with Gasteiger partial charge in [0, 0.05) is 27.7 Å². The first-order valence-corrected chi connectivity index (χ1v) is 7.39. The Bertz CT molecular complexity index is 353. The topological polar surface area (TPSA) is 21.3 Å². The molecule has 0 bridgehead atoms. The zero-order valence-electron chi connectivity index (χ0n) is 9.01. The number of benzene rings is 1. The molecule has 1 heterocycles. The number of halogens is 2. The van der Waals surface area contributed by atoms with Crippen molar-refractivity contribution in [1.29, 1.82) is 0 Å². The quantitative estimate of drug-likeness (QED) is 0.789. The molecule has 0 spiro atoms. The second-order valence-electron chi connectivity index (χ2n) is 4.00. The Hall–Kier alpha value is 0.350. The van der Waals surface area contributed by atoms with Gasteiger partial charge in [-0.2, -0.15) is 0 Å². The van der Waals surface area contributed by atoms with Gasteiger partial charge in [-0.3, -0.25) is 0 Å². The highest BCUT2D eigenvalue weighted by Gasteiger charge is 2.14. The molecule has 1 aliphatic rings. The van der Waals surface area contributed by atoms with Crippen molar-refractivity contribution in [1.82, 2.24) is 5.32 Å². The molecular weight excluding hydrogens is 381 g/mol. The highest BCUT2D eigenvalue weighted by molar-refractivity contribution is 14.1. The number of hydrogen-bond acceptors (Lipinski definition) is 2. The van der Waals surface area contributed by atoms with Crippen molar-refractivity contribution in [3.8, 4) is 0 Å². The lowest BCUT2D eigenvalue weighted by Crippen LogP contribution is -2.26. The molecule has 1 saturated heterocycles. The van der Waals surface area contributed by atoms with E-state index in [0.717, 1.165) is 24.2 Å². The van der Waals surface area contributed by atoms with Gasteiger partial charge in [-0.05, 0) is 59.2 Å². The number of ether oxygens (including phenoxy) is 1. The Labute approximate surface area is 118 Å². The van der Waals surface area contributed by atoms with Crippen LogP contribution in [0.5, 0.6) is 0 Å². The number of rotatable bonds is 4. The molecule has 0 aromatic heterocycles. The summed E-state index contributed by atoms with van der Waals surface area (Å²) in [5.41, 5.74) is 1.34. The minimum absolute atomic E-state index is 0.421. The summed E-state index contributed by atoms with van der Waals surface area (Å²) < 4.78 is 8.02. The second-order valence-corrected chi connectivity index (χ2v) is 6.08. The Morgan fingerprint density at radius 2 is 2.38 bits per heavy atom. The maximum atomic E-state index is 5.57. The van der Waals surface area contributed by atoms with Gasteiger partial charge in [-0.15, -0.1) is 0 Å². The van der Waals surface area contributed by atoms with Crippen molar-refractivity contribution >= 4 is 38.5 Å². The summed E-state index contributed by atoms with van der Waals surface area (Å²) >= 11 is 5.87. The normalized spacial score (nSPS) is 20.2. The molecule has 1 atom stereocenters. The van der Waals surface area contributed by atoms with E-state index in [1.54, 1.807) is 0 Å². The highest BCUT2D eigenvalue weighted by Crippen LogP contribution is 2.18. The van der Waals surface area contributed by atoms with E-state index < -0.39 is 0 Å². The Morgan fingerprint density at radius 1 is 1.50 bits per heavy atom. The van der Waals surface area contributed by atoms with Crippen molar-refractivity contribution in [3.05, 3.63) is 31.8 Å². The maximum Gasteiger partial charge on any atom is 0.0700 e. The highest BCUT2D eigenvalue weighted by atomic mass is 127. The molecule has 16 heavy (non-hydrogen) atoms. The summed E-state index contributed by atoms with van der Waals surface area (Å²) in [5, 5.41) is 3.46. The van der Waals surface area contributed by atoms with Crippen molar-refractivity contribution in [3.63, 3.8) is 0 Å². The van der Waals surface area contributed by atoms with Gasteiger partial charge < -0.3 is 10.1 Å². The number of hydrogen-bond donors (Lipinski definition) is 1. The lowest BCUT2D eigenvalue weighted by atomic mass is 10.2. The fourth-order valence-electron chi connectivity index (χ4n) is 1.85. The van der Waals surface area contributed by atoms with Crippen LogP contribution >= 0.6 is 38.5 Å². The van der Waals surface area contributed by atoms with Gasteiger partial charge in [-0.25, -0.2) is 0 Å². The van der Waals surface area contributed by atoms with Gasteiger partial charge in [0.05, 0.1) is 6.10 Å². The molecule has 88 valence electrons. The molecule has 1 aromatic rings. The fourth-order valence-corrected chi connectivity index (χ4v) is 2.79. The van der Waals surface area contributed by atoms with Crippen LogP contribution in [0.25, 0.3) is 0 Å². The van der Waals surface area contributed by atoms with Crippen LogP contribution in [0.15, 0.2) is 22.7 Å². The zero-order chi connectivity index (χ0) is 11.4. The van der Waals surface area contributed by atoms with Crippen molar-refractivity contribution < 1.29 is 4.74 Å². The minimum Gasteiger partial charge on any atom is -0.377 e. The van der Waals surface area contributed by atoms with Gasteiger partial charge in [-0.1, -0.05) is 15.9 Å². The van der Waals surface area contributed by atoms with Crippen LogP contribution in [0, 0.1) is 3.57 Å². The van der Waals surface area contributed by atoms with Crippen LogP contribution in [0.2, 0.25) is 0 Å². The minimum atomic E-state index is 0.421. The van der Waals surface area contributed by atoms with E-state index in [-0.39, 0.29) is 0 Å². The molecule has 0 saturated carbocycles. The third kappa shape index (κ3) is 3.68. The van der Waals surface area contributed by atoms with Crippen molar-refractivity contribution in [2.75, 3.05) is 13.2 Å². The molecule has 1 fully saturated rings. The summed E-state index contributed by atoms with van der Waals surface area (Å²) in [6, 6.07) is 6.38. The summed E-state index contributed by atoms with van der Waals surface area (Å²) in [4.78, 5) is 0. The molecule has 2 rings (SSSR count). The van der Waals surface area contributed by atoms with Gasteiger partial charge >= 0.3 is 0 Å². The second kappa shape index (κ2) is 6.33. The summed E-state index contributed by atoms with van der Waals surface area (Å²) in [6.45, 7) is 2.81. The zero-order valence-corrected chi connectivity index (χ0v) is 12.8. The van der Waals surface area contributed by atoms with Crippen LogP contribution in [0.3, 0.4) is 0 Å². The lowest BCUT2D eigenvalue weighted by Gasteiger charge is -2.11. The smallest absolute Gasteiger partial charge is 0.0700 e. The van der Waals surface area contributed by atoms with Crippen molar-refractivity contribution in [2.24, 2.45) is 0 Å². The van der Waals surface area contributed by atoms with Crippen LogP contribution in [-0.2, 0) is 11.3 Å². The third-order valence-corrected chi connectivity index (χ3v) is 4.26. The standard InChI is InChI=1S/C12H15BrINO/c13-10-3-4-12(14)9(6-10)7-15-8-11-2-1-5-16-11/h3-4,6,11,15H,1-2,5,7-8H2. The Balaban J connectivity index is 1.82. The van der Waals surface area contributed by atoms with Crippen LogP contribution in [-0.4, -0.2) is 19.3 Å². The summed E-state index contributed by atoms with van der Waals surface area (Å²) in [5.74, 6) is 0. The molecule has 0 amide bonds. The first-order valence-electron chi connectivity index (χ1n) is 5.52. The number of nitrogens with one attached hydrogen (secondary N) is 1. The first-order chi connectivity index (χ1) is 7.75. The monoisotopic (exact) mass is 395 g/mol. The lowest BCUT2D eigenvalue weighted by molar-refractivity contribution is 0.110. The molecular formula is C12H15BrINO. The predicted octanol–water partition coefficient (Wildman–Crippen LogP) is 3.32. The van der Waals surface area contributed by atoms with Gasteiger partial charge in [0.2, 0.25) is 0 Å². The van der Waals surface area contributed by atoms with Crippen LogP contribution in [0.1, 0.15) is 18.4 Å². The van der Waals surface area contributed by atoms with Crippen molar-refractivity contribution in [2.45, 2.75) is 25.5 Å². The van der Waals surface area contributed by atoms with E-state index in [1.807, 2.05) is 0 Å². The largest absolute Gasteiger partial charge is 0.377 e. The Morgan fingerprint density at radius 3 is 3.12 bits per heavy atom. The molecule has 1 aromatic carbocycles. The molecule has 2 nitrogen and oxygen atoms in total. The SMILES string of the molecule is Brc1ccc(I)c(CNCC2CCCO2)c1. The van der Waals surface area contributed by atoms with E-state index in [1.165, 1.54) is 22.0 Å². The average molecular weight is 396 g/mol. The third-order valence-electron chi connectivity index (χ3n) is 2.72. The van der Waals surface area contributed by atoms with Crippen LogP contribution in [0.4, 0.5) is 0 Å². The summed E-state index contributed by atoms with van der Waals surface area (Å²) in [7, 11) is 0. The summed E-state index contributed by atoms with van der Waals surface area (Å²) in [6.07, 6.45) is 2.83. The molecule has 0 aliphatic carbocycles. The van der Waals surface area contributed by atoms with E-state index >= 15 is 0 Å². The van der Waals surface area contributed by atoms with Gasteiger partial charge in [0.1, 0.15) is 0 Å². The van der Waals surface area contributed by atoms with E-state index in [9.17, 15) is 0 Å². The molecule has 0 radical (unpaired) electrons. The average Bonchev–Trinajstić information content (AvgIpc) is 2.76. The molecule has 1 N–H and O–H groups in total. The van der Waals surface area contributed by atoms with E-state index in [0.29, 0.717) is 6.10 Å². The van der Waals surface area contributed by atoms with Crippen LogP contribution < -0.4 is 5.32 Å². The molecule has 4 heteroatoms. The molecule has 1 aliphatic heterocycles. The first kappa shape index (κ1) is 12.8. The van der Waals surface area contributed by atoms with E-state index in [2.05, 4.69) is 62.0 Å². The fraction of sp³-hybridized carbons (Fsp3) is 0.500.